The van der Waals surface area contributed by atoms with E-state index < -0.39 is 97.5 Å². The van der Waals surface area contributed by atoms with Gasteiger partial charge in [0.05, 0.1) is 26.4 Å². The minimum atomic E-state index is -4.97. The smallest absolute Gasteiger partial charge is 0.462 e. The van der Waals surface area contributed by atoms with Gasteiger partial charge in [-0.25, -0.2) is 9.13 Å². The third-order valence-corrected chi connectivity index (χ3v) is 22.3. The molecule has 106 heavy (non-hydrogen) atoms. The number of carbonyl (C=O) groups excluding carboxylic acids is 4. The summed E-state index contributed by atoms with van der Waals surface area (Å²) in [6.07, 6.45) is 68.2. The maximum Gasteiger partial charge on any atom is 0.472 e. The first kappa shape index (κ1) is 104. The molecule has 0 bridgehead atoms. The molecule has 19 heteroatoms. The molecule has 0 spiro atoms. The summed E-state index contributed by atoms with van der Waals surface area (Å²) in [5.41, 5.74) is 0. The maximum atomic E-state index is 13.2. The van der Waals surface area contributed by atoms with Crippen LogP contribution in [0.1, 0.15) is 459 Å². The Morgan fingerprint density at radius 2 is 0.434 bits per heavy atom. The lowest BCUT2D eigenvalue weighted by atomic mass is 10.0. The van der Waals surface area contributed by atoms with Crippen LogP contribution in [0.5, 0.6) is 0 Å². The SMILES string of the molecule is CCCCCCCCCCCCCCCCCCCCCCCC(=O)O[C@H](COC(=O)CCCCCCCCCCCCCCCCCCC(C)C)COP(=O)(O)OC[C@@H](O)COP(=O)(O)OC[C@@H](COC(=O)CCCCCCCCCCC(C)C)OC(=O)CCCCCCCCCCCCCCC(C)C. The van der Waals surface area contributed by atoms with Gasteiger partial charge in [0.1, 0.15) is 19.3 Å². The highest BCUT2D eigenvalue weighted by Crippen LogP contribution is 2.45. The molecule has 0 aliphatic rings. The Balaban J connectivity index is 5.24. The van der Waals surface area contributed by atoms with Gasteiger partial charge >= 0.3 is 39.5 Å². The molecule has 0 saturated carbocycles. The van der Waals surface area contributed by atoms with E-state index in [1.807, 2.05) is 0 Å². The fraction of sp³-hybridized carbons (Fsp3) is 0.954. The number of phosphoric ester groups is 2. The Morgan fingerprint density at radius 3 is 0.642 bits per heavy atom. The first-order chi connectivity index (χ1) is 51.2. The highest BCUT2D eigenvalue weighted by atomic mass is 31.2. The van der Waals surface area contributed by atoms with Crippen LogP contribution in [-0.4, -0.2) is 96.7 Å². The number of aliphatic hydroxyl groups is 1. The average molecular weight is 1550 g/mol. The highest BCUT2D eigenvalue weighted by Gasteiger charge is 2.30. The predicted octanol–water partition coefficient (Wildman–Crippen LogP) is 26.5. The van der Waals surface area contributed by atoms with Crippen molar-refractivity contribution >= 4 is 39.5 Å². The summed E-state index contributed by atoms with van der Waals surface area (Å²) in [6, 6.07) is 0. The summed E-state index contributed by atoms with van der Waals surface area (Å²) in [5, 5.41) is 10.7. The fourth-order valence-electron chi connectivity index (χ4n) is 13.5. The number of unbranched alkanes of at least 4 members (excludes halogenated alkanes) is 53. The summed E-state index contributed by atoms with van der Waals surface area (Å²) < 4.78 is 68.9. The molecule has 0 amide bonds. The van der Waals surface area contributed by atoms with E-state index in [4.69, 9.17) is 37.0 Å². The zero-order valence-corrected chi connectivity index (χ0v) is 71.7. The van der Waals surface area contributed by atoms with E-state index in [9.17, 15) is 43.2 Å². The Kier molecular flexibility index (Phi) is 75.6. The van der Waals surface area contributed by atoms with Crippen molar-refractivity contribution < 1.29 is 80.2 Å². The lowest BCUT2D eigenvalue weighted by Gasteiger charge is -2.21. The van der Waals surface area contributed by atoms with Crippen LogP contribution >= 0.6 is 15.6 Å². The third kappa shape index (κ3) is 80.1. The first-order valence-corrected chi connectivity index (χ1v) is 47.8. The van der Waals surface area contributed by atoms with Crippen LogP contribution in [-0.2, 0) is 65.4 Å². The minimum absolute atomic E-state index is 0.106. The topological polar surface area (TPSA) is 237 Å². The number of carbonyl (C=O) groups is 4. The lowest BCUT2D eigenvalue weighted by molar-refractivity contribution is -0.161. The van der Waals surface area contributed by atoms with Gasteiger partial charge in [-0.05, 0) is 43.4 Å². The zero-order chi connectivity index (χ0) is 77.9. The van der Waals surface area contributed by atoms with Gasteiger partial charge in [-0.1, -0.05) is 408 Å². The van der Waals surface area contributed by atoms with E-state index in [2.05, 4.69) is 48.5 Å². The average Bonchev–Trinajstić information content (AvgIpc) is 0.900. The summed E-state index contributed by atoms with van der Waals surface area (Å²) in [4.78, 5) is 73.3. The van der Waals surface area contributed by atoms with Crippen LogP contribution in [0.25, 0.3) is 0 Å². The van der Waals surface area contributed by atoms with E-state index >= 15 is 0 Å². The second-order valence-electron chi connectivity index (χ2n) is 32.7. The minimum Gasteiger partial charge on any atom is -0.462 e. The molecule has 0 saturated heterocycles. The van der Waals surface area contributed by atoms with Gasteiger partial charge in [0.25, 0.3) is 0 Å². The molecule has 2 unspecified atom stereocenters. The first-order valence-electron chi connectivity index (χ1n) is 44.8. The molecule has 0 radical (unpaired) electrons. The molecular weight excluding hydrogens is 1380 g/mol. The Hall–Kier alpha value is -1.94. The number of aliphatic hydroxyl groups excluding tert-OH is 1. The molecular formula is C87H170O17P2. The largest absolute Gasteiger partial charge is 0.472 e. The van der Waals surface area contributed by atoms with E-state index in [0.29, 0.717) is 25.7 Å². The molecule has 0 aliphatic heterocycles. The van der Waals surface area contributed by atoms with Crippen molar-refractivity contribution in [1.29, 1.82) is 0 Å². The normalized spacial score (nSPS) is 13.9. The van der Waals surface area contributed by atoms with Crippen molar-refractivity contribution in [2.24, 2.45) is 17.8 Å². The van der Waals surface area contributed by atoms with Gasteiger partial charge in [-0.3, -0.25) is 37.3 Å². The molecule has 0 aliphatic carbocycles. The zero-order valence-electron chi connectivity index (χ0n) is 69.9. The standard InChI is InChI=1S/C87H170O17P2/c1-8-9-10-11-12-13-14-15-16-17-18-19-20-21-26-29-35-40-49-56-63-70-86(91)103-82(74-97-84(89)68-61-54-47-39-34-28-25-23-22-24-27-32-37-44-51-58-65-78(2)3)76-101-105(93,94)99-72-81(88)73-100-106(95,96)102-77-83(75-98-85(90)69-62-55-48-43-42-46-53-60-67-80(6)7)104-87(92)71-64-57-50-41-36-31-30-33-38-45-52-59-66-79(4)5/h78-83,88H,8-77H2,1-7H3,(H,93,94)(H,95,96)/t81-,82-,83-/m1/s1. The van der Waals surface area contributed by atoms with E-state index in [0.717, 1.165) is 108 Å². The number of hydrogen-bond donors (Lipinski definition) is 3. The second-order valence-corrected chi connectivity index (χ2v) is 35.6. The predicted molar refractivity (Wildman–Crippen MR) is 437 cm³/mol. The number of hydrogen-bond acceptors (Lipinski definition) is 15. The number of phosphoric acid groups is 2. The van der Waals surface area contributed by atoms with Crippen LogP contribution < -0.4 is 0 Å². The Bertz CT molecular complexity index is 2040. The van der Waals surface area contributed by atoms with Gasteiger partial charge < -0.3 is 33.8 Å². The third-order valence-electron chi connectivity index (χ3n) is 20.4. The van der Waals surface area contributed by atoms with Crippen molar-refractivity contribution in [3.8, 4) is 0 Å². The molecule has 17 nitrogen and oxygen atoms in total. The number of rotatable bonds is 85. The van der Waals surface area contributed by atoms with Crippen molar-refractivity contribution in [2.75, 3.05) is 39.6 Å². The van der Waals surface area contributed by atoms with Gasteiger partial charge in [0, 0.05) is 25.7 Å². The quantitative estimate of drug-likeness (QED) is 0.0222. The maximum absolute atomic E-state index is 13.2. The molecule has 5 atom stereocenters. The summed E-state index contributed by atoms with van der Waals surface area (Å²) in [7, 11) is -9.93. The van der Waals surface area contributed by atoms with Crippen LogP contribution in [0.15, 0.2) is 0 Å². The van der Waals surface area contributed by atoms with Crippen LogP contribution in [0, 0.1) is 17.8 Å². The summed E-state index contributed by atoms with van der Waals surface area (Å²) in [5.74, 6) is 0.211. The van der Waals surface area contributed by atoms with Crippen LogP contribution in [0.4, 0.5) is 0 Å². The van der Waals surface area contributed by atoms with Gasteiger partial charge in [-0.2, -0.15) is 0 Å². The Morgan fingerprint density at radius 1 is 0.255 bits per heavy atom. The Labute approximate surface area is 651 Å². The fourth-order valence-corrected chi connectivity index (χ4v) is 15.1. The number of ether oxygens (including phenoxy) is 4. The van der Waals surface area contributed by atoms with Crippen molar-refractivity contribution in [3.63, 3.8) is 0 Å². The number of esters is 4. The van der Waals surface area contributed by atoms with E-state index in [1.54, 1.807) is 0 Å². The molecule has 0 aromatic carbocycles. The molecule has 0 fully saturated rings. The van der Waals surface area contributed by atoms with Gasteiger partial charge in [-0.15, -0.1) is 0 Å². The summed E-state index contributed by atoms with van der Waals surface area (Å²) >= 11 is 0. The second kappa shape index (κ2) is 77.0. The molecule has 0 rings (SSSR count). The monoisotopic (exact) mass is 1550 g/mol. The van der Waals surface area contributed by atoms with Crippen molar-refractivity contribution in [2.45, 2.75) is 478 Å². The van der Waals surface area contributed by atoms with E-state index in [1.165, 1.54) is 270 Å². The summed E-state index contributed by atoms with van der Waals surface area (Å²) in [6.45, 7) is 12.0. The van der Waals surface area contributed by atoms with Crippen LogP contribution in [0.2, 0.25) is 0 Å². The molecule has 0 aromatic rings. The van der Waals surface area contributed by atoms with Gasteiger partial charge in [0.2, 0.25) is 0 Å². The highest BCUT2D eigenvalue weighted by molar-refractivity contribution is 7.47. The van der Waals surface area contributed by atoms with Crippen molar-refractivity contribution in [3.05, 3.63) is 0 Å². The molecule has 0 heterocycles. The molecule has 630 valence electrons. The molecule has 0 aromatic heterocycles. The van der Waals surface area contributed by atoms with Gasteiger partial charge in [0.15, 0.2) is 12.2 Å². The molecule has 3 N–H and O–H groups in total. The lowest BCUT2D eigenvalue weighted by Crippen LogP contribution is -2.30. The van der Waals surface area contributed by atoms with E-state index in [-0.39, 0.29) is 25.7 Å². The van der Waals surface area contributed by atoms with Crippen LogP contribution in [0.3, 0.4) is 0 Å². The van der Waals surface area contributed by atoms with Crippen molar-refractivity contribution in [1.82, 2.24) is 0 Å².